The van der Waals surface area contributed by atoms with Gasteiger partial charge in [0.05, 0.1) is 17.2 Å². The molecule has 3 aromatic rings. The van der Waals surface area contributed by atoms with Crippen molar-refractivity contribution in [3.63, 3.8) is 0 Å². The Morgan fingerprint density at radius 1 is 1.03 bits per heavy atom. The van der Waals surface area contributed by atoms with Crippen LogP contribution in [0.15, 0.2) is 76.6 Å². The number of hydrogen-bond acceptors (Lipinski definition) is 4. The zero-order valence-electron chi connectivity index (χ0n) is 16.3. The highest BCUT2D eigenvalue weighted by Gasteiger charge is 2.24. The molecule has 0 saturated carbocycles. The number of nitrogens with one attached hydrogen (secondary N) is 1. The van der Waals surface area contributed by atoms with Crippen molar-refractivity contribution in [3.05, 3.63) is 93.9 Å². The molecule has 1 N–H and O–H groups in total. The van der Waals surface area contributed by atoms with E-state index in [4.69, 9.17) is 0 Å². The Kier molecular flexibility index (Phi) is 5.98. The van der Waals surface area contributed by atoms with E-state index in [0.717, 1.165) is 23.4 Å². The van der Waals surface area contributed by atoms with E-state index in [1.165, 1.54) is 11.8 Å². The second-order valence-corrected chi connectivity index (χ2v) is 8.92. The Morgan fingerprint density at radius 2 is 1.69 bits per heavy atom. The van der Waals surface area contributed by atoms with E-state index in [-0.39, 0.29) is 22.8 Å². The third kappa shape index (κ3) is 4.46. The molecule has 29 heavy (non-hydrogen) atoms. The van der Waals surface area contributed by atoms with Crippen molar-refractivity contribution in [2.45, 2.75) is 25.3 Å². The molecular weight excluding hydrogens is 388 g/mol. The first-order valence-corrected chi connectivity index (χ1v) is 10.9. The number of sulfone groups is 1. The van der Waals surface area contributed by atoms with Crippen LogP contribution >= 0.6 is 0 Å². The van der Waals surface area contributed by atoms with Crippen LogP contribution in [0, 0.1) is 6.92 Å². The Morgan fingerprint density at radius 3 is 2.34 bits per heavy atom. The minimum absolute atomic E-state index is 0.0765. The maximum atomic E-state index is 13.4. The van der Waals surface area contributed by atoms with Crippen LogP contribution in [0.1, 0.15) is 28.4 Å². The summed E-state index contributed by atoms with van der Waals surface area (Å²) >= 11 is 0. The van der Waals surface area contributed by atoms with Crippen LogP contribution < -0.4 is 10.5 Å². The molecule has 0 aliphatic carbocycles. The quantitative estimate of drug-likeness (QED) is 0.675. The van der Waals surface area contributed by atoms with Crippen LogP contribution in [0.3, 0.4) is 0 Å². The third-order valence-corrected chi connectivity index (χ3v) is 6.40. The second kappa shape index (κ2) is 8.45. The smallest absolute Gasteiger partial charge is 0.264 e. The number of benzene rings is 2. The highest BCUT2D eigenvalue weighted by atomic mass is 32.2. The number of rotatable bonds is 6. The summed E-state index contributed by atoms with van der Waals surface area (Å²) in [4.78, 5) is 29.6. The van der Waals surface area contributed by atoms with Crippen LogP contribution in [-0.2, 0) is 16.4 Å². The van der Waals surface area contributed by atoms with Gasteiger partial charge in [-0.05, 0) is 30.2 Å². The van der Waals surface area contributed by atoms with Gasteiger partial charge < -0.3 is 9.88 Å². The predicted molar refractivity (Wildman–Crippen MR) is 113 cm³/mol. The van der Waals surface area contributed by atoms with Gasteiger partial charge in [-0.25, -0.2) is 8.42 Å². The summed E-state index contributed by atoms with van der Waals surface area (Å²) in [6, 6.07) is 17.9. The molecule has 0 saturated heterocycles. The lowest BCUT2D eigenvalue weighted by molar-refractivity contribution is 0.0983. The summed E-state index contributed by atoms with van der Waals surface area (Å²) in [5.41, 5.74) is 1.57. The van der Waals surface area contributed by atoms with Crippen molar-refractivity contribution in [2.75, 3.05) is 10.7 Å². The van der Waals surface area contributed by atoms with Crippen molar-refractivity contribution in [3.8, 4) is 0 Å². The first-order valence-electron chi connectivity index (χ1n) is 9.20. The van der Waals surface area contributed by atoms with Gasteiger partial charge in [-0.1, -0.05) is 55.5 Å². The molecule has 1 amide bonds. The van der Waals surface area contributed by atoms with E-state index in [2.05, 4.69) is 4.98 Å². The normalized spacial score (nSPS) is 11.2. The highest BCUT2D eigenvalue weighted by molar-refractivity contribution is 7.91. The minimum Gasteiger partial charge on any atom is -0.327 e. The van der Waals surface area contributed by atoms with Crippen LogP contribution in [0.5, 0.6) is 0 Å². The molecule has 0 bridgehead atoms. The number of anilines is 1. The van der Waals surface area contributed by atoms with Gasteiger partial charge in [-0.3, -0.25) is 9.59 Å². The SMILES string of the molecule is CCS(=O)(=O)c1c[nH]c(=O)c(C(=O)N(Cc2ccccc2)c2ccccc2C)c1. The number of carbonyl (C=O) groups excluding carboxylic acids is 1. The molecule has 7 heteroatoms. The van der Waals surface area contributed by atoms with E-state index in [1.54, 1.807) is 6.07 Å². The number of aryl methyl sites for hydroxylation is 1. The van der Waals surface area contributed by atoms with Crippen molar-refractivity contribution < 1.29 is 13.2 Å². The molecule has 3 rings (SSSR count). The van der Waals surface area contributed by atoms with Crippen molar-refractivity contribution in [1.29, 1.82) is 0 Å². The molecule has 0 aliphatic rings. The summed E-state index contributed by atoms with van der Waals surface area (Å²) in [7, 11) is -3.57. The lowest BCUT2D eigenvalue weighted by atomic mass is 10.1. The molecule has 6 nitrogen and oxygen atoms in total. The summed E-state index contributed by atoms with van der Waals surface area (Å²) < 4.78 is 24.5. The first kappa shape index (κ1) is 20.5. The fraction of sp³-hybridized carbons (Fsp3) is 0.182. The monoisotopic (exact) mass is 410 g/mol. The molecule has 150 valence electrons. The number of nitrogens with zero attached hydrogens (tertiary/aromatic N) is 1. The Bertz CT molecular complexity index is 1180. The van der Waals surface area contributed by atoms with E-state index in [0.29, 0.717) is 5.69 Å². The fourth-order valence-corrected chi connectivity index (χ4v) is 3.88. The average molecular weight is 410 g/mol. The van der Waals surface area contributed by atoms with Crippen LogP contribution in [0.2, 0.25) is 0 Å². The molecule has 1 aromatic heterocycles. The lowest BCUT2D eigenvalue weighted by Gasteiger charge is -2.24. The summed E-state index contributed by atoms with van der Waals surface area (Å²) in [6.45, 7) is 3.63. The maximum absolute atomic E-state index is 13.4. The standard InChI is InChI=1S/C22H22N2O4S/c1-3-29(27,28)18-13-19(21(25)23-14-18)22(26)24(15-17-10-5-4-6-11-17)20-12-8-7-9-16(20)2/h4-14H,3,15H2,1-2H3,(H,23,25). The fourth-order valence-electron chi connectivity index (χ4n) is 3.01. The van der Waals surface area contributed by atoms with E-state index >= 15 is 0 Å². The summed E-state index contributed by atoms with van der Waals surface area (Å²) in [6.07, 6.45) is 1.13. The van der Waals surface area contributed by atoms with Gasteiger partial charge in [-0.15, -0.1) is 0 Å². The van der Waals surface area contributed by atoms with Gasteiger partial charge >= 0.3 is 0 Å². The maximum Gasteiger partial charge on any atom is 0.264 e. The second-order valence-electron chi connectivity index (χ2n) is 6.64. The zero-order chi connectivity index (χ0) is 21.0. The Hall–Kier alpha value is -3.19. The van der Waals surface area contributed by atoms with Crippen LogP contribution in [0.25, 0.3) is 0 Å². The molecule has 1 heterocycles. The molecule has 0 atom stereocenters. The van der Waals surface area contributed by atoms with Gasteiger partial charge in [0.15, 0.2) is 9.84 Å². The molecule has 0 fully saturated rings. The highest BCUT2D eigenvalue weighted by Crippen LogP contribution is 2.24. The average Bonchev–Trinajstić information content (AvgIpc) is 2.73. The number of aromatic amines is 1. The topological polar surface area (TPSA) is 87.3 Å². The number of pyridine rings is 1. The summed E-state index contributed by atoms with van der Waals surface area (Å²) in [5.74, 6) is -0.685. The molecule has 0 spiro atoms. The number of H-pyrrole nitrogens is 1. The van der Waals surface area contributed by atoms with Crippen molar-refractivity contribution in [2.24, 2.45) is 0 Å². The first-order chi connectivity index (χ1) is 13.8. The van der Waals surface area contributed by atoms with Crippen molar-refractivity contribution in [1.82, 2.24) is 4.98 Å². The van der Waals surface area contributed by atoms with E-state index in [9.17, 15) is 18.0 Å². The number of para-hydroxylation sites is 1. The van der Waals surface area contributed by atoms with Gasteiger partial charge in [0, 0.05) is 11.9 Å². The number of aromatic nitrogens is 1. The van der Waals surface area contributed by atoms with Gasteiger partial charge in [0.1, 0.15) is 5.56 Å². The van der Waals surface area contributed by atoms with Gasteiger partial charge in [-0.2, -0.15) is 0 Å². The summed E-state index contributed by atoms with van der Waals surface area (Å²) in [5, 5.41) is 0. The Balaban J connectivity index is 2.11. The largest absolute Gasteiger partial charge is 0.327 e. The third-order valence-electron chi connectivity index (χ3n) is 4.68. The number of hydrogen-bond donors (Lipinski definition) is 1. The molecule has 2 aromatic carbocycles. The predicted octanol–water partition coefficient (Wildman–Crippen LogP) is 3.32. The molecule has 0 aliphatic heterocycles. The van der Waals surface area contributed by atoms with E-state index < -0.39 is 21.3 Å². The van der Waals surface area contributed by atoms with Gasteiger partial charge in [0.2, 0.25) is 0 Å². The van der Waals surface area contributed by atoms with Crippen molar-refractivity contribution >= 4 is 21.4 Å². The molecular formula is C22H22N2O4S. The van der Waals surface area contributed by atoms with Crippen LogP contribution in [-0.4, -0.2) is 25.1 Å². The molecule has 0 radical (unpaired) electrons. The van der Waals surface area contributed by atoms with E-state index in [1.807, 2.05) is 55.5 Å². The zero-order valence-corrected chi connectivity index (χ0v) is 17.1. The molecule has 0 unspecified atom stereocenters. The minimum atomic E-state index is -3.57. The van der Waals surface area contributed by atoms with Gasteiger partial charge in [0.25, 0.3) is 11.5 Å². The number of carbonyl (C=O) groups is 1. The Labute approximate surface area is 169 Å². The number of amides is 1. The van der Waals surface area contributed by atoms with Crippen LogP contribution in [0.4, 0.5) is 5.69 Å². The lowest BCUT2D eigenvalue weighted by Crippen LogP contribution is -2.35.